The minimum absolute atomic E-state index is 0.0816. The number of fused-ring (bicyclic) bond motifs is 9. The number of allylic oxidation sites excluding steroid dienone is 2. The molecule has 2 saturated heterocycles. The number of amides is 2. The fraction of sp³-hybridized carbons (Fsp3) is 0.156. The van der Waals surface area contributed by atoms with Crippen LogP contribution in [0.1, 0.15) is 58.4 Å². The van der Waals surface area contributed by atoms with Gasteiger partial charge in [-0.15, -0.1) is 45.3 Å². The summed E-state index contributed by atoms with van der Waals surface area (Å²) in [6.45, 7) is 2.47. The zero-order valence-electron chi connectivity index (χ0n) is 46.1. The maximum atomic E-state index is 15.9. The topological polar surface area (TPSA) is 266 Å². The molecule has 8 aromatic rings. The number of ether oxygens (including phenoxy) is 4. The third-order valence-corrected chi connectivity index (χ3v) is 21.8. The first-order valence-electron chi connectivity index (χ1n) is 26.8. The largest absolute Gasteiger partial charge is 0.459 e. The molecule has 0 saturated carbocycles. The van der Waals surface area contributed by atoms with Crippen LogP contribution in [0, 0.1) is 45.3 Å². The highest BCUT2D eigenvalue weighted by Gasteiger charge is 2.65. The number of carbonyl (C=O) groups is 6. The first kappa shape index (κ1) is 58.6. The van der Waals surface area contributed by atoms with E-state index in [0.29, 0.717) is 51.2 Å². The lowest BCUT2D eigenvalue weighted by molar-refractivity contribution is -0.166. The van der Waals surface area contributed by atoms with Gasteiger partial charge in [0, 0.05) is 35.3 Å². The molecule has 2 aliphatic carbocycles. The summed E-state index contributed by atoms with van der Waals surface area (Å²) in [6.07, 6.45) is 0. The van der Waals surface area contributed by atoms with Crippen molar-refractivity contribution >= 4 is 134 Å². The third kappa shape index (κ3) is 9.76. The number of nitriles is 4. The molecule has 2 amide bonds. The summed E-state index contributed by atoms with van der Waals surface area (Å²) in [4.78, 5) is 105. The van der Waals surface area contributed by atoms with Crippen LogP contribution >= 0.6 is 68.9 Å². The zero-order chi connectivity index (χ0) is 61.4. The Morgan fingerprint density at radius 3 is 1.02 bits per heavy atom. The van der Waals surface area contributed by atoms with Gasteiger partial charge in [0.25, 0.3) is 11.8 Å². The van der Waals surface area contributed by atoms with Gasteiger partial charge in [-0.3, -0.25) is 38.6 Å². The summed E-state index contributed by atoms with van der Waals surface area (Å²) in [5.41, 5.74) is -2.57. The van der Waals surface area contributed by atoms with Gasteiger partial charge >= 0.3 is 23.9 Å². The number of thioether (sulfide) groups is 2. The van der Waals surface area contributed by atoms with E-state index in [9.17, 15) is 30.6 Å². The molecule has 0 spiro atoms. The van der Waals surface area contributed by atoms with Crippen LogP contribution in [0.15, 0.2) is 165 Å². The van der Waals surface area contributed by atoms with Crippen molar-refractivity contribution in [3.63, 3.8) is 0 Å². The Balaban J connectivity index is 1.11. The lowest BCUT2D eigenvalue weighted by atomic mass is 9.77. The fourth-order valence-corrected chi connectivity index (χ4v) is 18.4. The lowest BCUT2D eigenvalue weighted by Crippen LogP contribution is -2.46. The molecule has 0 bridgehead atoms. The fourth-order valence-electron chi connectivity index (χ4n) is 10.6. The summed E-state index contributed by atoms with van der Waals surface area (Å²) in [5, 5.41) is 39.7. The van der Waals surface area contributed by atoms with Crippen LogP contribution in [0.4, 0.5) is 10.0 Å². The van der Waals surface area contributed by atoms with Crippen molar-refractivity contribution in [3.05, 3.63) is 199 Å². The number of hydrogen-bond acceptors (Lipinski definition) is 22. The van der Waals surface area contributed by atoms with Crippen LogP contribution in [0.25, 0.3) is 28.9 Å². The highest BCUT2D eigenvalue weighted by atomic mass is 32.2. The molecule has 12 rings (SSSR count). The number of thiophene rings is 4. The maximum Gasteiger partial charge on any atom is 0.333 e. The number of hydrogen-bond donors (Lipinski definition) is 0. The van der Waals surface area contributed by atoms with E-state index in [-0.39, 0.29) is 103 Å². The second-order valence-corrected chi connectivity index (χ2v) is 25.7. The Morgan fingerprint density at radius 1 is 0.455 bits per heavy atom. The van der Waals surface area contributed by atoms with Crippen LogP contribution in [0.2, 0.25) is 0 Å². The molecule has 4 aliphatic rings. The number of aliphatic imine (C=N–C) groups is 2. The van der Waals surface area contributed by atoms with E-state index in [4.69, 9.17) is 28.9 Å². The Morgan fingerprint density at radius 2 is 0.750 bits per heavy atom. The molecule has 0 radical (unpaired) electrons. The number of nitrogens with zero attached hydrogens (tertiary/aromatic N) is 8. The van der Waals surface area contributed by atoms with Gasteiger partial charge in [0.15, 0.2) is 21.2 Å². The predicted octanol–water partition coefficient (Wildman–Crippen LogP) is 12.4. The monoisotopic (exact) mass is 1270 g/mol. The minimum Gasteiger partial charge on any atom is -0.459 e. The van der Waals surface area contributed by atoms with Gasteiger partial charge in [0.2, 0.25) is 10.8 Å². The molecule has 0 N–H and O–H groups in total. The smallest absolute Gasteiger partial charge is 0.333 e. The highest BCUT2D eigenvalue weighted by molar-refractivity contribution is 8.20. The molecule has 18 nitrogen and oxygen atoms in total. The standard InChI is InChI=1S/C64H40N8O10S6/c1-3-71-55(73)53(87-57(71)39(27-65)28-66)69-43-25-41-47(83-43)49-45(63(41,59(75)79-31-35-17-9-5-10-18-35)60(76)80-32-36-19-11-6-12-20-36)51-52(85-49)46-50(86-51)48-42(26-44(84-48)70-54-56(74)72(4-2)58(88-54)40(29-67)30-68)64(46,61(77)81-33-37-21-13-7-14-22-37)62(78)82-34-38-23-15-8-16-24-38/h5-26H,3-4,31-34H2,1-2H3/b69-53+,70-54+. The van der Waals surface area contributed by atoms with Crippen molar-refractivity contribution in [2.45, 2.75) is 51.1 Å². The summed E-state index contributed by atoms with van der Waals surface area (Å²) in [5.74, 6) is -5.28. The van der Waals surface area contributed by atoms with E-state index in [2.05, 4.69) is 0 Å². The average molecular weight is 1270 g/mol. The lowest BCUT2D eigenvalue weighted by Gasteiger charge is -2.27. The molecule has 432 valence electrons. The average Bonchev–Trinajstić information content (AvgIpc) is 1.56. The molecule has 2 aliphatic heterocycles. The van der Waals surface area contributed by atoms with Crippen molar-refractivity contribution in [2.24, 2.45) is 9.98 Å². The molecule has 88 heavy (non-hydrogen) atoms. The Hall–Kier alpha value is -9.76. The summed E-state index contributed by atoms with van der Waals surface area (Å²) >= 11 is 6.00. The normalized spacial score (nSPS) is 15.7. The van der Waals surface area contributed by atoms with Crippen molar-refractivity contribution in [2.75, 3.05) is 13.1 Å². The molecule has 2 fully saturated rings. The zero-order valence-corrected chi connectivity index (χ0v) is 51.0. The first-order chi connectivity index (χ1) is 42.8. The number of esters is 4. The number of carbonyl (C=O) groups excluding carboxylic acids is 6. The van der Waals surface area contributed by atoms with Gasteiger partial charge in [-0.1, -0.05) is 121 Å². The van der Waals surface area contributed by atoms with E-state index in [1.54, 1.807) is 135 Å². The Labute approximate surface area is 526 Å². The number of rotatable bonds is 16. The van der Waals surface area contributed by atoms with Gasteiger partial charge < -0.3 is 18.9 Å². The highest BCUT2D eigenvalue weighted by Crippen LogP contribution is 2.68. The molecule has 24 heteroatoms. The van der Waals surface area contributed by atoms with Crippen LogP contribution in [0.5, 0.6) is 0 Å². The van der Waals surface area contributed by atoms with Crippen molar-refractivity contribution in [3.8, 4) is 43.8 Å². The van der Waals surface area contributed by atoms with E-state index in [1.807, 2.05) is 24.3 Å². The van der Waals surface area contributed by atoms with Gasteiger partial charge in [-0.25, -0.2) is 9.98 Å². The van der Waals surface area contributed by atoms with Crippen molar-refractivity contribution in [1.82, 2.24) is 9.80 Å². The first-order valence-corrected chi connectivity index (χ1v) is 31.7. The van der Waals surface area contributed by atoms with E-state index < -0.39 is 46.5 Å². The van der Waals surface area contributed by atoms with E-state index in [1.165, 1.54) is 21.9 Å². The number of benzene rings is 4. The molecule has 0 unspecified atom stereocenters. The summed E-state index contributed by atoms with van der Waals surface area (Å²) in [6, 6.07) is 45.9. The van der Waals surface area contributed by atoms with E-state index in [0.717, 1.165) is 68.9 Å². The molecule has 4 aromatic carbocycles. The minimum atomic E-state index is -2.45. The predicted molar refractivity (Wildman–Crippen MR) is 333 cm³/mol. The van der Waals surface area contributed by atoms with Crippen LogP contribution < -0.4 is 0 Å². The van der Waals surface area contributed by atoms with Gasteiger partial charge in [0.05, 0.1) is 28.9 Å². The third-order valence-electron chi connectivity index (χ3n) is 14.7. The van der Waals surface area contributed by atoms with Crippen LogP contribution in [-0.4, -0.2) is 68.7 Å². The summed E-state index contributed by atoms with van der Waals surface area (Å²) < 4.78 is 25.7. The van der Waals surface area contributed by atoms with Crippen LogP contribution in [-0.2, 0) is 85.0 Å². The Bertz CT molecular complexity index is 4140. The van der Waals surface area contributed by atoms with Crippen molar-refractivity contribution in [1.29, 1.82) is 21.0 Å². The Kier molecular flexibility index (Phi) is 16.1. The van der Waals surface area contributed by atoms with Gasteiger partial charge in [-0.05, 0) is 71.8 Å². The molecular weight excluding hydrogens is 1230 g/mol. The summed E-state index contributed by atoms with van der Waals surface area (Å²) in [7, 11) is 0. The second kappa shape index (κ2) is 24.2. The van der Waals surface area contributed by atoms with Gasteiger partial charge in [0.1, 0.15) is 70.8 Å². The van der Waals surface area contributed by atoms with E-state index >= 15 is 19.2 Å². The molecule has 6 heterocycles. The van der Waals surface area contributed by atoms with Crippen LogP contribution in [0.3, 0.4) is 0 Å². The second-order valence-electron chi connectivity index (χ2n) is 19.6. The maximum absolute atomic E-state index is 15.9. The quantitative estimate of drug-likeness (QED) is 0.0376. The molecule has 4 aromatic heterocycles. The molecule has 0 atom stereocenters. The molecular formula is C64H40N8O10S6. The van der Waals surface area contributed by atoms with Gasteiger partial charge in [-0.2, -0.15) is 21.0 Å². The van der Waals surface area contributed by atoms with Crippen molar-refractivity contribution < 1.29 is 47.7 Å². The SMILES string of the molecule is CCN1C(=O)/C(=N\c2cc3c(s2)-c2sc4c5c(sc4c2C3(C(=O)OCc2ccccc2)C(=O)OCc2ccccc2)-c2sc(/N=C3/SC(=C(C#N)C#N)N(CC)C3=O)cc2C5(C(=O)OCc2ccccc2)C(=O)OCc2ccccc2)SC1=C(C#N)C#N.